The van der Waals surface area contributed by atoms with Gasteiger partial charge in [0.05, 0.1) is 5.69 Å². The number of piperidine rings is 1. The maximum atomic E-state index is 12.7. The van der Waals surface area contributed by atoms with Crippen LogP contribution in [0.25, 0.3) is 0 Å². The normalized spacial score (nSPS) is 21.1. The minimum absolute atomic E-state index is 0.0173. The molecule has 0 saturated carbocycles. The Kier molecular flexibility index (Phi) is 4.62. The van der Waals surface area contributed by atoms with E-state index in [1.807, 2.05) is 7.05 Å². The molecule has 0 aromatic carbocycles. The minimum Gasteiger partial charge on any atom is -0.387 e. The lowest BCUT2D eigenvalue weighted by Crippen LogP contribution is -2.47. The highest BCUT2D eigenvalue weighted by Crippen LogP contribution is 2.25. The van der Waals surface area contributed by atoms with Crippen LogP contribution in [-0.2, 0) is 10.0 Å². The maximum absolute atomic E-state index is 12.7. The second-order valence-corrected chi connectivity index (χ2v) is 7.17. The van der Waals surface area contributed by atoms with Crippen LogP contribution in [0, 0.1) is 0 Å². The van der Waals surface area contributed by atoms with E-state index < -0.39 is 10.0 Å². The van der Waals surface area contributed by atoms with Crippen molar-refractivity contribution in [2.75, 3.05) is 39.5 Å². The van der Waals surface area contributed by atoms with Crippen LogP contribution in [0.3, 0.4) is 0 Å². The van der Waals surface area contributed by atoms with E-state index in [9.17, 15) is 8.42 Å². The molecule has 0 amide bonds. The average molecular weight is 298 g/mol. The predicted octanol–water partition coefficient (Wildman–Crippen LogP) is 0.838. The highest BCUT2D eigenvalue weighted by molar-refractivity contribution is 7.89. The van der Waals surface area contributed by atoms with Gasteiger partial charge in [-0.3, -0.25) is 4.98 Å². The zero-order chi connectivity index (χ0) is 14.8. The van der Waals surface area contributed by atoms with E-state index in [-0.39, 0.29) is 10.9 Å². The highest BCUT2D eigenvalue weighted by atomic mass is 32.2. The first-order chi connectivity index (χ1) is 9.46. The summed E-state index contributed by atoms with van der Waals surface area (Å²) in [7, 11) is 1.87. The fraction of sp³-hybridized carbons (Fsp3) is 0.615. The number of hydrogen-bond donors (Lipinski definition) is 1. The largest absolute Gasteiger partial charge is 0.387 e. The van der Waals surface area contributed by atoms with Crippen molar-refractivity contribution < 1.29 is 8.42 Å². The van der Waals surface area contributed by atoms with Crippen molar-refractivity contribution in [2.24, 2.45) is 0 Å². The third-order valence-corrected chi connectivity index (χ3v) is 5.76. The van der Waals surface area contributed by atoms with Crippen molar-refractivity contribution >= 4 is 15.7 Å². The standard InChI is InChI=1S/C13H22N4O2S/c1-14-12-6-7-15-9-13(12)20(18,19)17(3)11-5-4-8-16(2)10-11/h6-7,9,11H,4-5,8,10H2,1-3H3,(H,14,15). The minimum atomic E-state index is -3.52. The molecular formula is C13H22N4O2S. The number of likely N-dealkylation sites (tertiary alicyclic amines) is 1. The number of hydrogen-bond acceptors (Lipinski definition) is 5. The quantitative estimate of drug-likeness (QED) is 0.892. The third kappa shape index (κ3) is 2.94. The van der Waals surface area contributed by atoms with Gasteiger partial charge in [0.15, 0.2) is 0 Å². The van der Waals surface area contributed by atoms with Gasteiger partial charge in [-0.15, -0.1) is 0 Å². The van der Waals surface area contributed by atoms with E-state index in [0.29, 0.717) is 5.69 Å². The molecule has 6 nitrogen and oxygen atoms in total. The Bertz CT molecular complexity index is 561. The zero-order valence-electron chi connectivity index (χ0n) is 12.2. The summed E-state index contributed by atoms with van der Waals surface area (Å²) in [5.41, 5.74) is 0.580. The summed E-state index contributed by atoms with van der Waals surface area (Å²) < 4.78 is 27.0. The van der Waals surface area contributed by atoms with Crippen LogP contribution in [0.4, 0.5) is 5.69 Å². The monoisotopic (exact) mass is 298 g/mol. The fourth-order valence-corrected chi connectivity index (χ4v) is 4.10. The van der Waals surface area contributed by atoms with Crippen LogP contribution in [0.15, 0.2) is 23.4 Å². The molecule has 1 unspecified atom stereocenters. The maximum Gasteiger partial charge on any atom is 0.246 e. The molecule has 2 rings (SSSR count). The van der Waals surface area contributed by atoms with Gasteiger partial charge in [-0.25, -0.2) is 8.42 Å². The van der Waals surface area contributed by atoms with Gasteiger partial charge >= 0.3 is 0 Å². The van der Waals surface area contributed by atoms with Crippen LogP contribution < -0.4 is 5.32 Å². The summed E-state index contributed by atoms with van der Waals surface area (Å²) in [6.07, 6.45) is 4.91. The lowest BCUT2D eigenvalue weighted by molar-refractivity contribution is 0.187. The van der Waals surface area contributed by atoms with Crippen LogP contribution in [0.5, 0.6) is 0 Å². The second-order valence-electron chi connectivity index (χ2n) is 5.20. The second kappa shape index (κ2) is 6.07. The lowest BCUT2D eigenvalue weighted by atomic mass is 10.1. The van der Waals surface area contributed by atoms with Gasteiger partial charge in [0.2, 0.25) is 10.0 Å². The molecule has 0 aliphatic carbocycles. The Morgan fingerprint density at radius 3 is 2.90 bits per heavy atom. The van der Waals surface area contributed by atoms with Crippen LogP contribution in [-0.4, -0.2) is 62.9 Å². The average Bonchev–Trinajstić information content (AvgIpc) is 2.46. The Balaban J connectivity index is 2.29. The smallest absolute Gasteiger partial charge is 0.246 e. The molecule has 2 heterocycles. The molecule has 1 aromatic heterocycles. The molecule has 1 fully saturated rings. The van der Waals surface area contributed by atoms with Crippen molar-refractivity contribution in [3.63, 3.8) is 0 Å². The summed E-state index contributed by atoms with van der Waals surface area (Å²) >= 11 is 0. The SMILES string of the molecule is CNc1ccncc1S(=O)(=O)N(C)C1CCCN(C)C1. The van der Waals surface area contributed by atoms with Gasteiger partial charge in [-0.2, -0.15) is 4.31 Å². The lowest BCUT2D eigenvalue weighted by Gasteiger charge is -2.35. The number of pyridine rings is 1. The molecule has 1 saturated heterocycles. The highest BCUT2D eigenvalue weighted by Gasteiger charge is 2.32. The van der Waals surface area contributed by atoms with E-state index in [4.69, 9.17) is 0 Å². The molecule has 1 N–H and O–H groups in total. The Morgan fingerprint density at radius 2 is 2.25 bits per heavy atom. The molecule has 7 heteroatoms. The molecule has 20 heavy (non-hydrogen) atoms. The van der Waals surface area contributed by atoms with Crippen molar-refractivity contribution in [3.8, 4) is 0 Å². The van der Waals surface area contributed by atoms with Crippen molar-refractivity contribution in [1.29, 1.82) is 0 Å². The Labute approximate surface area is 120 Å². The van der Waals surface area contributed by atoms with E-state index in [0.717, 1.165) is 25.9 Å². The van der Waals surface area contributed by atoms with Gasteiger partial charge in [0.1, 0.15) is 4.90 Å². The number of anilines is 1. The molecule has 0 radical (unpaired) electrons. The fourth-order valence-electron chi connectivity index (χ4n) is 2.58. The summed E-state index contributed by atoms with van der Waals surface area (Å²) in [4.78, 5) is 6.35. The topological polar surface area (TPSA) is 65.5 Å². The molecule has 112 valence electrons. The van der Waals surface area contributed by atoms with Gasteiger partial charge in [-0.1, -0.05) is 0 Å². The number of sulfonamides is 1. The van der Waals surface area contributed by atoms with Crippen molar-refractivity contribution in [1.82, 2.24) is 14.2 Å². The number of nitrogens with zero attached hydrogens (tertiary/aromatic N) is 3. The van der Waals surface area contributed by atoms with E-state index >= 15 is 0 Å². The van der Waals surface area contributed by atoms with Crippen LogP contribution >= 0.6 is 0 Å². The first-order valence-electron chi connectivity index (χ1n) is 6.75. The van der Waals surface area contributed by atoms with E-state index in [2.05, 4.69) is 15.2 Å². The van der Waals surface area contributed by atoms with Gasteiger partial charge in [-0.05, 0) is 32.5 Å². The molecule has 1 aromatic rings. The molecule has 0 spiro atoms. The number of rotatable bonds is 4. The first-order valence-corrected chi connectivity index (χ1v) is 8.19. The van der Waals surface area contributed by atoms with Crippen molar-refractivity contribution in [2.45, 2.75) is 23.8 Å². The third-order valence-electron chi connectivity index (χ3n) is 3.82. The molecule has 1 atom stereocenters. The predicted molar refractivity (Wildman–Crippen MR) is 79.3 cm³/mol. The Hall–Kier alpha value is -1.18. The van der Waals surface area contributed by atoms with E-state index in [1.165, 1.54) is 10.5 Å². The summed E-state index contributed by atoms with van der Waals surface area (Å²) in [5, 5.41) is 2.91. The molecule has 1 aliphatic heterocycles. The Morgan fingerprint density at radius 1 is 1.50 bits per heavy atom. The summed E-state index contributed by atoms with van der Waals surface area (Å²) in [6, 6.07) is 1.69. The number of nitrogens with one attached hydrogen (secondary N) is 1. The van der Waals surface area contributed by atoms with Gasteiger partial charge < -0.3 is 10.2 Å². The number of likely N-dealkylation sites (N-methyl/N-ethyl adjacent to an activating group) is 2. The molecule has 0 bridgehead atoms. The molecule has 1 aliphatic rings. The first kappa shape index (κ1) is 15.2. The van der Waals surface area contributed by atoms with E-state index in [1.54, 1.807) is 26.4 Å². The van der Waals surface area contributed by atoms with Gasteiger partial charge in [0.25, 0.3) is 0 Å². The van der Waals surface area contributed by atoms with Crippen LogP contribution in [0.2, 0.25) is 0 Å². The van der Waals surface area contributed by atoms with Crippen molar-refractivity contribution in [3.05, 3.63) is 18.5 Å². The number of aromatic nitrogens is 1. The summed E-state index contributed by atoms with van der Waals surface area (Å²) in [6.45, 7) is 1.80. The van der Waals surface area contributed by atoms with Crippen LogP contribution in [0.1, 0.15) is 12.8 Å². The zero-order valence-corrected chi connectivity index (χ0v) is 13.0. The summed E-state index contributed by atoms with van der Waals surface area (Å²) in [5.74, 6) is 0. The van der Waals surface area contributed by atoms with Gasteiger partial charge in [0, 0.05) is 39.1 Å². The molecular weight excluding hydrogens is 276 g/mol.